The van der Waals surface area contributed by atoms with Crippen LogP contribution >= 0.6 is 0 Å². The molecule has 3 rings (SSSR count). The van der Waals surface area contributed by atoms with Crippen LogP contribution in [0.15, 0.2) is 18.3 Å². The minimum atomic E-state index is -0.753. The lowest BCUT2D eigenvalue weighted by Crippen LogP contribution is -2.30. The van der Waals surface area contributed by atoms with Crippen molar-refractivity contribution >= 4 is 11.5 Å². The first-order chi connectivity index (χ1) is 9.51. The Morgan fingerprint density at radius 3 is 2.95 bits per heavy atom. The van der Waals surface area contributed by atoms with Crippen LogP contribution in [-0.4, -0.2) is 31.9 Å². The average Bonchev–Trinajstić information content (AvgIpc) is 3.09. The molecule has 5 heteroatoms. The van der Waals surface area contributed by atoms with Gasteiger partial charge in [0.2, 0.25) is 0 Å². The van der Waals surface area contributed by atoms with Gasteiger partial charge in [-0.05, 0) is 32.6 Å². The van der Waals surface area contributed by atoms with E-state index in [1.165, 1.54) is 19.3 Å². The number of rotatable bonds is 6. The topological polar surface area (TPSA) is 62.5 Å². The van der Waals surface area contributed by atoms with Gasteiger partial charge in [-0.1, -0.05) is 12.8 Å². The normalized spacial score (nSPS) is 15.8. The predicted molar refractivity (Wildman–Crippen MR) is 78.8 cm³/mol. The number of hydrogen-bond donors (Lipinski definition) is 2. The molecular formula is C15H22N4O. The highest BCUT2D eigenvalue weighted by molar-refractivity contribution is 5.49. The molecule has 0 bridgehead atoms. The molecule has 2 aromatic heterocycles. The fourth-order valence-corrected chi connectivity index (χ4v) is 2.28. The summed E-state index contributed by atoms with van der Waals surface area (Å²) in [6, 6.07) is 3.96. The van der Waals surface area contributed by atoms with Crippen molar-refractivity contribution in [1.29, 1.82) is 0 Å². The molecule has 1 aliphatic rings. The van der Waals surface area contributed by atoms with Crippen molar-refractivity contribution in [2.75, 3.05) is 11.9 Å². The Balaban J connectivity index is 1.81. The fourth-order valence-electron chi connectivity index (χ4n) is 2.28. The van der Waals surface area contributed by atoms with Crippen LogP contribution in [0.3, 0.4) is 0 Å². The number of hydrogen-bond acceptors (Lipinski definition) is 4. The average molecular weight is 274 g/mol. The van der Waals surface area contributed by atoms with Gasteiger partial charge in [-0.3, -0.25) is 0 Å². The van der Waals surface area contributed by atoms with Crippen LogP contribution in [0.2, 0.25) is 0 Å². The fraction of sp³-hybridized carbons (Fsp3) is 0.600. The summed E-state index contributed by atoms with van der Waals surface area (Å²) in [5.41, 5.74) is 1.20. The molecule has 1 saturated carbocycles. The van der Waals surface area contributed by atoms with Crippen molar-refractivity contribution in [3.63, 3.8) is 0 Å². The van der Waals surface area contributed by atoms with Crippen molar-refractivity contribution in [2.45, 2.75) is 45.1 Å². The molecule has 0 saturated heterocycles. The molecule has 0 amide bonds. The Morgan fingerprint density at radius 1 is 1.45 bits per heavy atom. The van der Waals surface area contributed by atoms with E-state index >= 15 is 0 Å². The zero-order valence-electron chi connectivity index (χ0n) is 12.1. The second kappa shape index (κ2) is 5.05. The van der Waals surface area contributed by atoms with Gasteiger partial charge in [-0.25, -0.2) is 4.98 Å². The highest BCUT2D eigenvalue weighted by Crippen LogP contribution is 2.33. The minimum Gasteiger partial charge on any atom is -0.389 e. The Labute approximate surface area is 119 Å². The summed E-state index contributed by atoms with van der Waals surface area (Å²) in [6.45, 7) is 4.05. The van der Waals surface area contributed by atoms with Crippen molar-refractivity contribution in [2.24, 2.45) is 5.92 Å². The van der Waals surface area contributed by atoms with Crippen molar-refractivity contribution in [1.82, 2.24) is 14.6 Å². The number of nitrogens with one attached hydrogen (secondary N) is 1. The lowest BCUT2D eigenvalue weighted by Gasteiger charge is -2.19. The highest BCUT2D eigenvalue weighted by atomic mass is 16.3. The number of aryl methyl sites for hydroxylation is 1. The van der Waals surface area contributed by atoms with E-state index in [4.69, 9.17) is 0 Å². The van der Waals surface area contributed by atoms with Gasteiger partial charge in [0.05, 0.1) is 11.8 Å². The van der Waals surface area contributed by atoms with Gasteiger partial charge in [0.15, 0.2) is 5.65 Å². The molecule has 0 unspecified atom stereocenters. The van der Waals surface area contributed by atoms with Crippen LogP contribution in [0.1, 0.15) is 38.8 Å². The summed E-state index contributed by atoms with van der Waals surface area (Å²) < 4.78 is 1.78. The van der Waals surface area contributed by atoms with E-state index in [-0.39, 0.29) is 0 Å². The third kappa shape index (κ3) is 3.28. The first-order valence-corrected chi connectivity index (χ1v) is 7.31. The van der Waals surface area contributed by atoms with Gasteiger partial charge >= 0.3 is 0 Å². The summed E-state index contributed by atoms with van der Waals surface area (Å²) in [5.74, 6) is 1.80. The van der Waals surface area contributed by atoms with E-state index < -0.39 is 5.60 Å². The molecular weight excluding hydrogens is 252 g/mol. The van der Waals surface area contributed by atoms with Crippen LogP contribution in [0.4, 0.5) is 5.82 Å². The summed E-state index contributed by atoms with van der Waals surface area (Å²) >= 11 is 0. The van der Waals surface area contributed by atoms with Crippen LogP contribution in [0.25, 0.3) is 5.65 Å². The minimum absolute atomic E-state index is 0.480. The van der Waals surface area contributed by atoms with Crippen LogP contribution in [-0.2, 0) is 6.42 Å². The van der Waals surface area contributed by atoms with E-state index in [1.807, 2.05) is 12.1 Å². The SMILES string of the molecule is CC(C)(O)CNc1cc(CCC2CC2)nc2ccnn12. The van der Waals surface area contributed by atoms with Gasteiger partial charge < -0.3 is 10.4 Å². The van der Waals surface area contributed by atoms with Gasteiger partial charge in [0.1, 0.15) is 5.82 Å². The highest BCUT2D eigenvalue weighted by Gasteiger charge is 2.21. The Hall–Kier alpha value is -1.62. The largest absolute Gasteiger partial charge is 0.389 e. The van der Waals surface area contributed by atoms with E-state index in [0.29, 0.717) is 6.54 Å². The maximum absolute atomic E-state index is 9.85. The first-order valence-electron chi connectivity index (χ1n) is 7.31. The number of nitrogens with zero attached hydrogens (tertiary/aromatic N) is 3. The number of anilines is 1. The molecule has 0 aromatic carbocycles. The summed E-state index contributed by atoms with van der Waals surface area (Å²) in [5, 5.41) is 17.4. The van der Waals surface area contributed by atoms with E-state index in [9.17, 15) is 5.11 Å². The second-order valence-corrected chi connectivity index (χ2v) is 6.38. The molecule has 0 aliphatic heterocycles. The maximum atomic E-state index is 9.85. The first kappa shape index (κ1) is 13.4. The standard InChI is InChI=1S/C15H22N4O/c1-15(2,20)10-16-14-9-12(6-5-11-3-4-11)18-13-7-8-17-19(13)14/h7-9,11,16,20H,3-6,10H2,1-2H3. The smallest absolute Gasteiger partial charge is 0.157 e. The number of aliphatic hydroxyl groups is 1. The third-order valence-corrected chi connectivity index (χ3v) is 3.62. The van der Waals surface area contributed by atoms with E-state index in [2.05, 4.69) is 15.4 Å². The monoisotopic (exact) mass is 274 g/mol. The lowest BCUT2D eigenvalue weighted by atomic mass is 10.1. The quantitative estimate of drug-likeness (QED) is 0.848. The van der Waals surface area contributed by atoms with Crippen LogP contribution in [0, 0.1) is 5.92 Å². The van der Waals surface area contributed by atoms with Crippen molar-refractivity contribution in [3.8, 4) is 0 Å². The van der Waals surface area contributed by atoms with E-state index in [1.54, 1.807) is 24.6 Å². The van der Waals surface area contributed by atoms with Crippen LogP contribution in [0.5, 0.6) is 0 Å². The van der Waals surface area contributed by atoms with Gasteiger partial charge in [0.25, 0.3) is 0 Å². The van der Waals surface area contributed by atoms with E-state index in [0.717, 1.165) is 29.5 Å². The maximum Gasteiger partial charge on any atom is 0.157 e. The predicted octanol–water partition coefficient (Wildman–Crippen LogP) is 2.25. The zero-order chi connectivity index (χ0) is 14.2. The van der Waals surface area contributed by atoms with Crippen molar-refractivity contribution in [3.05, 3.63) is 24.0 Å². The molecule has 5 nitrogen and oxygen atoms in total. The molecule has 20 heavy (non-hydrogen) atoms. The molecule has 0 spiro atoms. The Kier molecular flexibility index (Phi) is 3.38. The van der Waals surface area contributed by atoms with Crippen molar-refractivity contribution < 1.29 is 5.11 Å². The van der Waals surface area contributed by atoms with Gasteiger partial charge in [-0.15, -0.1) is 0 Å². The zero-order valence-corrected chi connectivity index (χ0v) is 12.1. The molecule has 2 aromatic rings. The van der Waals surface area contributed by atoms with Gasteiger partial charge in [-0.2, -0.15) is 9.61 Å². The number of fused-ring (bicyclic) bond motifs is 1. The summed E-state index contributed by atoms with van der Waals surface area (Å²) in [6.07, 6.45) is 6.74. The van der Waals surface area contributed by atoms with Gasteiger partial charge in [0, 0.05) is 24.4 Å². The Bertz CT molecular complexity index is 595. The molecule has 1 fully saturated rings. The van der Waals surface area contributed by atoms with Crippen LogP contribution < -0.4 is 5.32 Å². The molecule has 2 N–H and O–H groups in total. The molecule has 2 heterocycles. The Morgan fingerprint density at radius 2 is 2.25 bits per heavy atom. The molecule has 0 atom stereocenters. The lowest BCUT2D eigenvalue weighted by molar-refractivity contribution is 0.0944. The summed E-state index contributed by atoms with van der Waals surface area (Å²) in [7, 11) is 0. The molecule has 1 aliphatic carbocycles. The molecule has 0 radical (unpaired) electrons. The second-order valence-electron chi connectivity index (χ2n) is 6.38. The number of aromatic nitrogens is 3. The third-order valence-electron chi connectivity index (χ3n) is 3.62. The summed E-state index contributed by atoms with van der Waals surface area (Å²) in [4.78, 5) is 4.64. The molecule has 108 valence electrons.